The van der Waals surface area contributed by atoms with Crippen molar-refractivity contribution in [3.63, 3.8) is 0 Å². The number of rotatable bonds is 10. The first kappa shape index (κ1) is 19.9. The van der Waals surface area contributed by atoms with Crippen molar-refractivity contribution in [1.29, 1.82) is 0 Å². The lowest BCUT2D eigenvalue weighted by Crippen LogP contribution is -2.41. The second-order valence-corrected chi connectivity index (χ2v) is 6.07. The summed E-state index contributed by atoms with van der Waals surface area (Å²) < 4.78 is 16.5. The smallest absolute Gasteiger partial charge is 0.286 e. The minimum atomic E-state index is -0.452. The van der Waals surface area contributed by atoms with Gasteiger partial charge in [0.05, 0.1) is 6.61 Å². The van der Waals surface area contributed by atoms with E-state index in [1.807, 2.05) is 13.0 Å². The van der Waals surface area contributed by atoms with Crippen LogP contribution < -0.4 is 5.32 Å². The zero-order valence-corrected chi connectivity index (χ0v) is 14.7. The van der Waals surface area contributed by atoms with Crippen LogP contribution in [0.1, 0.15) is 33.6 Å². The third-order valence-electron chi connectivity index (χ3n) is 4.04. The van der Waals surface area contributed by atoms with Gasteiger partial charge in [-0.3, -0.25) is 4.79 Å². The SMILES string of the molecule is CCOC1OC(C(=O)NCCOC)=CC(C(C)C)C1CCCO. The van der Waals surface area contributed by atoms with Crippen molar-refractivity contribution in [2.24, 2.45) is 17.8 Å². The number of methoxy groups -OCH3 is 1. The van der Waals surface area contributed by atoms with Crippen molar-refractivity contribution >= 4 is 5.91 Å². The average molecular weight is 329 g/mol. The van der Waals surface area contributed by atoms with Gasteiger partial charge in [-0.05, 0) is 37.7 Å². The number of nitrogens with one attached hydrogen (secondary N) is 1. The molecule has 1 aliphatic heterocycles. The summed E-state index contributed by atoms with van der Waals surface area (Å²) in [5, 5.41) is 11.9. The predicted octanol–water partition coefficient (Wildman–Crippen LogP) is 1.69. The summed E-state index contributed by atoms with van der Waals surface area (Å²) in [6.07, 6.45) is 2.96. The molecular formula is C17H31NO5. The first-order valence-electron chi connectivity index (χ1n) is 8.43. The van der Waals surface area contributed by atoms with E-state index < -0.39 is 6.29 Å². The summed E-state index contributed by atoms with van der Waals surface area (Å²) in [6.45, 7) is 7.73. The molecule has 0 fully saturated rings. The maximum atomic E-state index is 12.3. The predicted molar refractivity (Wildman–Crippen MR) is 87.6 cm³/mol. The van der Waals surface area contributed by atoms with Gasteiger partial charge >= 0.3 is 0 Å². The van der Waals surface area contributed by atoms with Crippen LogP contribution in [0, 0.1) is 17.8 Å². The fourth-order valence-corrected chi connectivity index (χ4v) is 2.88. The van der Waals surface area contributed by atoms with Crippen LogP contribution in [0.5, 0.6) is 0 Å². The van der Waals surface area contributed by atoms with Gasteiger partial charge in [0.15, 0.2) is 5.76 Å². The molecule has 6 nitrogen and oxygen atoms in total. The highest BCUT2D eigenvalue weighted by atomic mass is 16.7. The molecule has 0 aliphatic carbocycles. The molecule has 134 valence electrons. The van der Waals surface area contributed by atoms with Gasteiger partial charge in [0.25, 0.3) is 5.91 Å². The van der Waals surface area contributed by atoms with Crippen molar-refractivity contribution in [2.45, 2.75) is 39.9 Å². The number of aliphatic hydroxyl groups is 1. The number of carbonyl (C=O) groups is 1. The molecule has 23 heavy (non-hydrogen) atoms. The molecular weight excluding hydrogens is 298 g/mol. The van der Waals surface area contributed by atoms with Gasteiger partial charge in [0.1, 0.15) is 0 Å². The Bertz CT molecular complexity index is 383. The highest BCUT2D eigenvalue weighted by molar-refractivity contribution is 5.91. The van der Waals surface area contributed by atoms with Gasteiger partial charge in [-0.25, -0.2) is 0 Å². The topological polar surface area (TPSA) is 77.0 Å². The molecule has 0 spiro atoms. The number of allylic oxidation sites excluding steroid dienone is 1. The minimum absolute atomic E-state index is 0.137. The van der Waals surface area contributed by atoms with Gasteiger partial charge in [-0.15, -0.1) is 0 Å². The van der Waals surface area contributed by atoms with Gasteiger partial charge in [-0.2, -0.15) is 0 Å². The standard InChI is InChI=1S/C17H31NO5/c1-5-22-17-13(7-6-9-19)14(12(2)3)11-15(23-17)16(20)18-8-10-21-4/h11-14,17,19H,5-10H2,1-4H3,(H,18,20). The van der Waals surface area contributed by atoms with E-state index in [4.69, 9.17) is 19.3 Å². The van der Waals surface area contributed by atoms with E-state index in [-0.39, 0.29) is 24.3 Å². The number of ether oxygens (including phenoxy) is 3. The first-order chi connectivity index (χ1) is 11.0. The Hall–Kier alpha value is -1.11. The fourth-order valence-electron chi connectivity index (χ4n) is 2.88. The molecule has 2 N–H and O–H groups in total. The Morgan fingerprint density at radius 1 is 1.48 bits per heavy atom. The van der Waals surface area contributed by atoms with Gasteiger partial charge in [0.2, 0.25) is 6.29 Å². The molecule has 0 aromatic heterocycles. The molecule has 1 aliphatic rings. The third-order valence-corrected chi connectivity index (χ3v) is 4.04. The van der Waals surface area contributed by atoms with Crippen molar-refractivity contribution in [1.82, 2.24) is 5.32 Å². The zero-order valence-electron chi connectivity index (χ0n) is 14.7. The van der Waals surface area contributed by atoms with Crippen LogP contribution in [0.15, 0.2) is 11.8 Å². The highest BCUT2D eigenvalue weighted by Gasteiger charge is 2.38. The lowest BCUT2D eigenvalue weighted by Gasteiger charge is -2.38. The number of hydrogen-bond donors (Lipinski definition) is 2. The molecule has 0 aromatic carbocycles. The second kappa shape index (κ2) is 10.6. The summed E-state index contributed by atoms with van der Waals surface area (Å²) in [5.74, 6) is 0.747. The molecule has 0 bridgehead atoms. The summed E-state index contributed by atoms with van der Waals surface area (Å²) in [7, 11) is 1.59. The van der Waals surface area contributed by atoms with Crippen LogP contribution in [0.4, 0.5) is 0 Å². The third kappa shape index (κ3) is 6.12. The summed E-state index contributed by atoms with van der Waals surface area (Å²) >= 11 is 0. The van der Waals surface area contributed by atoms with Gasteiger partial charge in [-0.1, -0.05) is 13.8 Å². The zero-order chi connectivity index (χ0) is 17.2. The Kier molecular flexibility index (Phi) is 9.21. The highest BCUT2D eigenvalue weighted by Crippen LogP contribution is 2.36. The average Bonchev–Trinajstić information content (AvgIpc) is 2.53. The number of aliphatic hydroxyl groups excluding tert-OH is 1. The molecule has 3 atom stereocenters. The van der Waals surface area contributed by atoms with Crippen LogP contribution in [-0.4, -0.2) is 50.8 Å². The Labute approximate surface area is 139 Å². The van der Waals surface area contributed by atoms with Crippen LogP contribution in [-0.2, 0) is 19.0 Å². The quantitative estimate of drug-likeness (QED) is 0.596. The first-order valence-corrected chi connectivity index (χ1v) is 8.43. The van der Waals surface area contributed by atoms with Crippen LogP contribution in [0.25, 0.3) is 0 Å². The minimum Gasteiger partial charge on any atom is -0.459 e. The van der Waals surface area contributed by atoms with E-state index in [1.54, 1.807) is 7.11 Å². The molecule has 1 amide bonds. The molecule has 0 saturated carbocycles. The van der Waals surface area contributed by atoms with Crippen molar-refractivity contribution in [2.75, 3.05) is 33.5 Å². The van der Waals surface area contributed by atoms with E-state index >= 15 is 0 Å². The number of carbonyl (C=O) groups excluding carboxylic acids is 1. The largest absolute Gasteiger partial charge is 0.459 e. The number of amides is 1. The monoisotopic (exact) mass is 329 g/mol. The lowest BCUT2D eigenvalue weighted by atomic mass is 9.78. The molecule has 0 aromatic rings. The molecule has 1 rings (SSSR count). The molecule has 6 heteroatoms. The van der Waals surface area contributed by atoms with E-state index in [9.17, 15) is 4.79 Å². The molecule has 1 heterocycles. The Morgan fingerprint density at radius 2 is 2.22 bits per heavy atom. The maximum absolute atomic E-state index is 12.3. The van der Waals surface area contributed by atoms with E-state index in [0.717, 1.165) is 6.42 Å². The van der Waals surface area contributed by atoms with Gasteiger partial charge in [0, 0.05) is 32.8 Å². The maximum Gasteiger partial charge on any atom is 0.286 e. The van der Waals surface area contributed by atoms with E-state index in [2.05, 4.69) is 19.2 Å². The normalized spacial score (nSPS) is 24.3. The van der Waals surface area contributed by atoms with Crippen LogP contribution in [0.2, 0.25) is 0 Å². The summed E-state index contributed by atoms with van der Waals surface area (Å²) in [6, 6.07) is 0. The van der Waals surface area contributed by atoms with E-state index in [0.29, 0.717) is 37.9 Å². The van der Waals surface area contributed by atoms with Crippen LogP contribution >= 0.6 is 0 Å². The van der Waals surface area contributed by atoms with E-state index in [1.165, 1.54) is 0 Å². The summed E-state index contributed by atoms with van der Waals surface area (Å²) in [4.78, 5) is 12.3. The fraction of sp³-hybridized carbons (Fsp3) is 0.824. The van der Waals surface area contributed by atoms with Crippen molar-refractivity contribution < 1.29 is 24.1 Å². The van der Waals surface area contributed by atoms with Gasteiger partial charge < -0.3 is 24.6 Å². The molecule has 0 saturated heterocycles. The lowest BCUT2D eigenvalue weighted by molar-refractivity contribution is -0.175. The number of hydrogen-bond acceptors (Lipinski definition) is 5. The Balaban J connectivity index is 2.88. The molecule has 3 unspecified atom stereocenters. The molecule has 0 radical (unpaired) electrons. The summed E-state index contributed by atoms with van der Waals surface area (Å²) in [5.41, 5.74) is 0. The van der Waals surface area contributed by atoms with Crippen molar-refractivity contribution in [3.8, 4) is 0 Å². The van der Waals surface area contributed by atoms with Crippen molar-refractivity contribution in [3.05, 3.63) is 11.8 Å². The second-order valence-electron chi connectivity index (χ2n) is 6.07. The Morgan fingerprint density at radius 3 is 2.78 bits per heavy atom. The van der Waals surface area contributed by atoms with Crippen LogP contribution in [0.3, 0.4) is 0 Å².